The van der Waals surface area contributed by atoms with Gasteiger partial charge in [-0.3, -0.25) is 9.59 Å². The molecule has 1 aromatic carbocycles. The summed E-state index contributed by atoms with van der Waals surface area (Å²) >= 11 is 0. The average molecular weight is 348 g/mol. The monoisotopic (exact) mass is 348 g/mol. The summed E-state index contributed by atoms with van der Waals surface area (Å²) in [6.45, 7) is 3.37. The molecule has 1 aromatic rings. The Hall–Kier alpha value is -2.57. The maximum absolute atomic E-state index is 12.5. The van der Waals surface area contributed by atoms with Crippen molar-refractivity contribution in [3.8, 4) is 5.75 Å². The van der Waals surface area contributed by atoms with Crippen LogP contribution in [0, 0.1) is 0 Å². The molecule has 7 heteroatoms. The molecule has 0 saturated carbocycles. The molecule has 1 saturated heterocycles. The van der Waals surface area contributed by atoms with Crippen molar-refractivity contribution in [2.75, 3.05) is 20.2 Å². The van der Waals surface area contributed by atoms with E-state index < -0.39 is 5.97 Å². The van der Waals surface area contributed by atoms with Crippen molar-refractivity contribution >= 4 is 17.8 Å². The molecule has 136 valence electrons. The molecule has 0 aromatic heterocycles. The first kappa shape index (κ1) is 18.8. The Labute approximate surface area is 147 Å². The summed E-state index contributed by atoms with van der Waals surface area (Å²) < 4.78 is 4.61. The van der Waals surface area contributed by atoms with Gasteiger partial charge in [0.05, 0.1) is 12.7 Å². The van der Waals surface area contributed by atoms with Crippen LogP contribution in [0.4, 0.5) is 0 Å². The highest BCUT2D eigenvalue weighted by molar-refractivity contribution is 5.98. The molecule has 2 rings (SSSR count). The van der Waals surface area contributed by atoms with Gasteiger partial charge in [-0.1, -0.05) is 6.92 Å². The lowest BCUT2D eigenvalue weighted by Gasteiger charge is -2.20. The number of likely N-dealkylation sites (tertiary alicyclic amines) is 1. The van der Waals surface area contributed by atoms with E-state index in [1.165, 1.54) is 25.3 Å². The number of ether oxygens (including phenoxy) is 1. The molecule has 2 amide bonds. The highest BCUT2D eigenvalue weighted by Gasteiger charge is 2.23. The van der Waals surface area contributed by atoms with Gasteiger partial charge in [-0.05, 0) is 37.5 Å². The summed E-state index contributed by atoms with van der Waals surface area (Å²) in [4.78, 5) is 37.9. The smallest absolute Gasteiger partial charge is 0.338 e. The largest absolute Gasteiger partial charge is 0.508 e. The van der Waals surface area contributed by atoms with E-state index in [-0.39, 0.29) is 34.7 Å². The minimum atomic E-state index is -0.625. The van der Waals surface area contributed by atoms with Gasteiger partial charge in [0, 0.05) is 31.1 Å². The highest BCUT2D eigenvalue weighted by Crippen LogP contribution is 2.18. The number of benzene rings is 1. The van der Waals surface area contributed by atoms with Crippen LogP contribution in [-0.4, -0.2) is 54.0 Å². The third-order valence-electron chi connectivity index (χ3n) is 4.24. The zero-order chi connectivity index (χ0) is 18.4. The van der Waals surface area contributed by atoms with Gasteiger partial charge in [0.15, 0.2) is 0 Å². The van der Waals surface area contributed by atoms with Crippen LogP contribution in [0.5, 0.6) is 5.75 Å². The number of phenolic OH excluding ortho intramolecular Hbond substituents is 1. The van der Waals surface area contributed by atoms with Gasteiger partial charge in [0.2, 0.25) is 5.91 Å². The molecule has 0 spiro atoms. The Bertz CT molecular complexity index is 659. The third kappa shape index (κ3) is 4.95. The first-order chi connectivity index (χ1) is 11.9. The minimum Gasteiger partial charge on any atom is -0.508 e. The van der Waals surface area contributed by atoms with Crippen LogP contribution in [0.25, 0.3) is 0 Å². The topological polar surface area (TPSA) is 95.9 Å². The lowest BCUT2D eigenvalue weighted by molar-refractivity contribution is -0.130. The third-order valence-corrected chi connectivity index (χ3v) is 4.24. The molecular formula is C18H24N2O5. The fourth-order valence-electron chi connectivity index (χ4n) is 2.93. The van der Waals surface area contributed by atoms with Gasteiger partial charge >= 0.3 is 5.97 Å². The van der Waals surface area contributed by atoms with Crippen LogP contribution in [0.15, 0.2) is 18.2 Å². The van der Waals surface area contributed by atoms with Gasteiger partial charge in [-0.2, -0.15) is 0 Å². The molecule has 1 atom stereocenters. The van der Waals surface area contributed by atoms with E-state index in [0.717, 1.165) is 13.0 Å². The standard InChI is InChI=1S/C18H24N2O5/c1-3-7-20-8-6-14(4-5-16(20)22)19-17(23)12-9-13(18(24)25-2)11-15(21)10-12/h9-11,14,21H,3-8H2,1-2H3,(H,19,23). The molecule has 1 fully saturated rings. The average Bonchev–Trinajstić information content (AvgIpc) is 2.76. The van der Waals surface area contributed by atoms with E-state index in [1.54, 1.807) is 0 Å². The van der Waals surface area contributed by atoms with Gasteiger partial charge in [-0.25, -0.2) is 4.79 Å². The number of nitrogens with one attached hydrogen (secondary N) is 1. The molecule has 7 nitrogen and oxygen atoms in total. The van der Waals surface area contributed by atoms with E-state index >= 15 is 0 Å². The van der Waals surface area contributed by atoms with Crippen molar-refractivity contribution in [1.29, 1.82) is 0 Å². The quantitative estimate of drug-likeness (QED) is 0.790. The second kappa shape index (κ2) is 8.50. The lowest BCUT2D eigenvalue weighted by Crippen LogP contribution is -2.36. The molecular weight excluding hydrogens is 324 g/mol. The summed E-state index contributed by atoms with van der Waals surface area (Å²) in [6.07, 6.45) is 2.56. The second-order valence-corrected chi connectivity index (χ2v) is 6.14. The maximum atomic E-state index is 12.5. The predicted octanol–water partition coefficient (Wildman–Crippen LogP) is 1.70. The fraction of sp³-hybridized carbons (Fsp3) is 0.500. The van der Waals surface area contributed by atoms with Crippen LogP contribution in [0.3, 0.4) is 0 Å². The molecule has 1 aliphatic heterocycles. The highest BCUT2D eigenvalue weighted by atomic mass is 16.5. The van der Waals surface area contributed by atoms with Crippen LogP contribution in [0.2, 0.25) is 0 Å². The number of phenols is 1. The van der Waals surface area contributed by atoms with E-state index in [9.17, 15) is 19.5 Å². The number of esters is 1. The van der Waals surface area contributed by atoms with Gasteiger partial charge in [0.1, 0.15) is 5.75 Å². The molecule has 1 heterocycles. The van der Waals surface area contributed by atoms with E-state index in [2.05, 4.69) is 10.1 Å². The normalized spacial score (nSPS) is 17.8. The Kier molecular flexibility index (Phi) is 6.38. The zero-order valence-electron chi connectivity index (χ0n) is 14.6. The minimum absolute atomic E-state index is 0.109. The second-order valence-electron chi connectivity index (χ2n) is 6.14. The van der Waals surface area contributed by atoms with Gasteiger partial charge in [-0.15, -0.1) is 0 Å². The number of carbonyl (C=O) groups excluding carboxylic acids is 3. The summed E-state index contributed by atoms with van der Waals surface area (Å²) in [6, 6.07) is 3.80. The summed E-state index contributed by atoms with van der Waals surface area (Å²) in [5, 5.41) is 12.6. The number of hydrogen-bond donors (Lipinski definition) is 2. The van der Waals surface area contributed by atoms with Crippen LogP contribution in [0.1, 0.15) is 53.3 Å². The zero-order valence-corrected chi connectivity index (χ0v) is 14.6. The van der Waals surface area contributed by atoms with Crippen molar-refractivity contribution in [1.82, 2.24) is 10.2 Å². The Morgan fingerprint density at radius 1 is 1.28 bits per heavy atom. The first-order valence-electron chi connectivity index (χ1n) is 8.45. The summed E-state index contributed by atoms with van der Waals surface area (Å²) in [5.41, 5.74) is 0.291. The Morgan fingerprint density at radius 3 is 2.68 bits per heavy atom. The first-order valence-corrected chi connectivity index (χ1v) is 8.45. The predicted molar refractivity (Wildman–Crippen MR) is 91.4 cm³/mol. The summed E-state index contributed by atoms with van der Waals surface area (Å²) in [7, 11) is 1.23. The molecule has 0 aliphatic carbocycles. The molecule has 2 N–H and O–H groups in total. The molecule has 0 radical (unpaired) electrons. The van der Waals surface area contributed by atoms with E-state index in [4.69, 9.17) is 0 Å². The Morgan fingerprint density at radius 2 is 2.00 bits per heavy atom. The number of methoxy groups -OCH3 is 1. The number of hydrogen-bond acceptors (Lipinski definition) is 5. The summed E-state index contributed by atoms with van der Waals surface area (Å²) in [5.74, 6) is -1.08. The molecule has 1 aliphatic rings. The number of carbonyl (C=O) groups is 3. The SMILES string of the molecule is CCCN1CCC(NC(=O)c2cc(O)cc(C(=O)OC)c2)CCC1=O. The Balaban J connectivity index is 2.05. The van der Waals surface area contributed by atoms with E-state index in [1.807, 2.05) is 11.8 Å². The number of aromatic hydroxyl groups is 1. The lowest BCUT2D eigenvalue weighted by atomic mass is 10.1. The van der Waals surface area contributed by atoms with Crippen molar-refractivity contribution in [3.63, 3.8) is 0 Å². The molecule has 0 bridgehead atoms. The number of amides is 2. The number of rotatable bonds is 5. The van der Waals surface area contributed by atoms with Crippen LogP contribution >= 0.6 is 0 Å². The van der Waals surface area contributed by atoms with Gasteiger partial charge < -0.3 is 20.1 Å². The van der Waals surface area contributed by atoms with Crippen molar-refractivity contribution in [3.05, 3.63) is 29.3 Å². The maximum Gasteiger partial charge on any atom is 0.338 e. The van der Waals surface area contributed by atoms with E-state index in [0.29, 0.717) is 25.8 Å². The molecule has 25 heavy (non-hydrogen) atoms. The number of nitrogens with zero attached hydrogens (tertiary/aromatic N) is 1. The van der Waals surface area contributed by atoms with Crippen molar-refractivity contribution in [2.45, 2.75) is 38.6 Å². The van der Waals surface area contributed by atoms with Crippen molar-refractivity contribution in [2.24, 2.45) is 0 Å². The fourth-order valence-corrected chi connectivity index (χ4v) is 2.93. The molecule has 1 unspecified atom stereocenters. The van der Waals surface area contributed by atoms with Crippen molar-refractivity contribution < 1.29 is 24.2 Å². The van der Waals surface area contributed by atoms with Gasteiger partial charge in [0.25, 0.3) is 5.91 Å². The van der Waals surface area contributed by atoms with Crippen LogP contribution < -0.4 is 5.32 Å². The van der Waals surface area contributed by atoms with Crippen LogP contribution in [-0.2, 0) is 9.53 Å².